The van der Waals surface area contributed by atoms with Gasteiger partial charge in [-0.2, -0.15) is 0 Å². The van der Waals surface area contributed by atoms with Crippen molar-refractivity contribution < 1.29 is 0 Å². The normalized spacial score (nSPS) is 10.4. The second-order valence-electron chi connectivity index (χ2n) is 4.70. The molecule has 2 aromatic rings. The summed E-state index contributed by atoms with van der Waals surface area (Å²) in [7, 11) is 0. The summed E-state index contributed by atoms with van der Waals surface area (Å²) in [4.78, 5) is 0. The van der Waals surface area contributed by atoms with Gasteiger partial charge in [0.1, 0.15) is 0 Å². The second-order valence-corrected chi connectivity index (χ2v) is 5.11. The zero-order valence-corrected chi connectivity index (χ0v) is 11.9. The number of aryl methyl sites for hydroxylation is 2. The fourth-order valence-electron chi connectivity index (χ4n) is 2.05. The van der Waals surface area contributed by atoms with Gasteiger partial charge in [0.25, 0.3) is 0 Å². The summed E-state index contributed by atoms with van der Waals surface area (Å²) in [5.74, 6) is 0. The van der Waals surface area contributed by atoms with Crippen LogP contribution in [0.4, 0.5) is 11.4 Å². The first-order valence-corrected chi connectivity index (χ1v) is 6.88. The Kier molecular flexibility index (Phi) is 4.69. The molecule has 0 atom stereocenters. The molecule has 0 aliphatic carbocycles. The number of nitrogens with one attached hydrogen (secondary N) is 1. The highest BCUT2D eigenvalue weighted by atomic mass is 35.5. The van der Waals surface area contributed by atoms with Crippen molar-refractivity contribution in [1.82, 2.24) is 0 Å². The van der Waals surface area contributed by atoms with E-state index in [4.69, 9.17) is 17.3 Å². The van der Waals surface area contributed by atoms with E-state index in [0.29, 0.717) is 10.7 Å². The molecule has 0 radical (unpaired) electrons. The lowest BCUT2D eigenvalue weighted by atomic mass is 10.1. The van der Waals surface area contributed by atoms with Gasteiger partial charge in [-0.25, -0.2) is 0 Å². The van der Waals surface area contributed by atoms with Crippen LogP contribution in [0.25, 0.3) is 0 Å². The van der Waals surface area contributed by atoms with Gasteiger partial charge in [-0.1, -0.05) is 41.9 Å². The maximum absolute atomic E-state index is 6.03. The third-order valence-electron chi connectivity index (χ3n) is 3.14. The van der Waals surface area contributed by atoms with Crippen molar-refractivity contribution in [3.05, 3.63) is 58.6 Å². The molecule has 0 amide bonds. The monoisotopic (exact) mass is 274 g/mol. The van der Waals surface area contributed by atoms with E-state index in [2.05, 4.69) is 29.6 Å². The fraction of sp³-hybridized carbons (Fsp3) is 0.250. The van der Waals surface area contributed by atoms with Crippen molar-refractivity contribution in [2.45, 2.75) is 19.8 Å². The van der Waals surface area contributed by atoms with Gasteiger partial charge in [0.15, 0.2) is 0 Å². The number of hydrogen-bond donors (Lipinski definition) is 2. The van der Waals surface area contributed by atoms with Crippen molar-refractivity contribution in [2.75, 3.05) is 17.6 Å². The topological polar surface area (TPSA) is 38.0 Å². The molecule has 0 aliphatic heterocycles. The molecule has 0 spiro atoms. The SMILES string of the molecule is Cc1cc(N)c(Cl)cc1NCCCc1ccccc1. The molecule has 2 nitrogen and oxygen atoms in total. The molecular weight excluding hydrogens is 256 g/mol. The summed E-state index contributed by atoms with van der Waals surface area (Å²) >= 11 is 6.03. The first-order chi connectivity index (χ1) is 9.16. The summed E-state index contributed by atoms with van der Waals surface area (Å²) in [6.45, 7) is 2.96. The zero-order valence-electron chi connectivity index (χ0n) is 11.1. The van der Waals surface area contributed by atoms with Crippen molar-refractivity contribution in [1.29, 1.82) is 0 Å². The standard InChI is InChI=1S/C16H19ClN2/c1-12-10-15(18)14(17)11-16(12)19-9-5-8-13-6-3-2-4-7-13/h2-4,6-7,10-11,19H,5,8-9,18H2,1H3. The minimum atomic E-state index is 0.608. The third-order valence-corrected chi connectivity index (χ3v) is 3.47. The molecule has 0 saturated heterocycles. The molecule has 0 fully saturated rings. The van der Waals surface area contributed by atoms with E-state index in [1.807, 2.05) is 25.1 Å². The summed E-state index contributed by atoms with van der Waals surface area (Å²) in [6, 6.07) is 14.3. The average Bonchev–Trinajstić information content (AvgIpc) is 2.41. The average molecular weight is 275 g/mol. The maximum Gasteiger partial charge on any atom is 0.0656 e. The van der Waals surface area contributed by atoms with E-state index in [1.165, 1.54) is 5.56 Å². The van der Waals surface area contributed by atoms with E-state index < -0.39 is 0 Å². The van der Waals surface area contributed by atoms with E-state index in [-0.39, 0.29) is 0 Å². The largest absolute Gasteiger partial charge is 0.398 e. The number of rotatable bonds is 5. The Morgan fingerprint density at radius 3 is 2.63 bits per heavy atom. The Bertz CT molecular complexity index is 538. The lowest BCUT2D eigenvalue weighted by Crippen LogP contribution is -2.05. The summed E-state index contributed by atoms with van der Waals surface area (Å²) in [5.41, 5.74) is 9.95. The number of nitrogens with two attached hydrogens (primary N) is 1. The van der Waals surface area contributed by atoms with Crippen molar-refractivity contribution in [2.24, 2.45) is 0 Å². The third kappa shape index (κ3) is 3.90. The minimum Gasteiger partial charge on any atom is -0.398 e. The lowest BCUT2D eigenvalue weighted by molar-refractivity contribution is 0.862. The van der Waals surface area contributed by atoms with E-state index in [9.17, 15) is 0 Å². The Labute approximate surface area is 119 Å². The second kappa shape index (κ2) is 6.48. The molecule has 2 aromatic carbocycles. The van der Waals surface area contributed by atoms with Crippen LogP contribution in [0.1, 0.15) is 17.5 Å². The predicted molar refractivity (Wildman–Crippen MR) is 83.9 cm³/mol. The van der Waals surface area contributed by atoms with E-state index >= 15 is 0 Å². The van der Waals surface area contributed by atoms with Gasteiger partial charge in [0.2, 0.25) is 0 Å². The highest BCUT2D eigenvalue weighted by Crippen LogP contribution is 2.26. The summed E-state index contributed by atoms with van der Waals surface area (Å²) in [6.07, 6.45) is 2.17. The first kappa shape index (κ1) is 13.8. The van der Waals surface area contributed by atoms with Gasteiger partial charge >= 0.3 is 0 Å². The number of nitrogen functional groups attached to an aromatic ring is 1. The van der Waals surface area contributed by atoms with Gasteiger partial charge in [-0.3, -0.25) is 0 Å². The highest BCUT2D eigenvalue weighted by Gasteiger charge is 2.02. The van der Waals surface area contributed by atoms with Crippen LogP contribution < -0.4 is 11.1 Å². The van der Waals surface area contributed by atoms with Gasteiger partial charge in [-0.15, -0.1) is 0 Å². The van der Waals surface area contributed by atoms with Crippen LogP contribution in [0, 0.1) is 6.92 Å². The Balaban J connectivity index is 1.85. The molecule has 0 aliphatic rings. The van der Waals surface area contributed by atoms with Crippen LogP contribution in [0.15, 0.2) is 42.5 Å². The molecule has 19 heavy (non-hydrogen) atoms. The predicted octanol–water partition coefficient (Wildman–Crippen LogP) is 4.28. The molecule has 3 heteroatoms. The zero-order chi connectivity index (χ0) is 13.7. The van der Waals surface area contributed by atoms with Crippen molar-refractivity contribution >= 4 is 23.0 Å². The highest BCUT2D eigenvalue weighted by molar-refractivity contribution is 6.33. The molecule has 0 aromatic heterocycles. The quantitative estimate of drug-likeness (QED) is 0.631. The van der Waals surface area contributed by atoms with Crippen LogP contribution in [-0.2, 0) is 6.42 Å². The number of anilines is 2. The van der Waals surface area contributed by atoms with E-state index in [1.54, 1.807) is 0 Å². The molecular formula is C16H19ClN2. The van der Waals surface area contributed by atoms with Crippen LogP contribution in [0.2, 0.25) is 5.02 Å². The lowest BCUT2D eigenvalue weighted by Gasteiger charge is -2.11. The van der Waals surface area contributed by atoms with Crippen molar-refractivity contribution in [3.8, 4) is 0 Å². The summed E-state index contributed by atoms with van der Waals surface area (Å²) < 4.78 is 0. The van der Waals surface area contributed by atoms with Gasteiger partial charge in [0, 0.05) is 12.2 Å². The van der Waals surface area contributed by atoms with Gasteiger partial charge < -0.3 is 11.1 Å². The molecule has 100 valence electrons. The fourth-order valence-corrected chi connectivity index (χ4v) is 2.22. The van der Waals surface area contributed by atoms with E-state index in [0.717, 1.165) is 30.6 Å². The van der Waals surface area contributed by atoms with Crippen LogP contribution in [-0.4, -0.2) is 6.54 Å². The van der Waals surface area contributed by atoms with Crippen LogP contribution >= 0.6 is 11.6 Å². The first-order valence-electron chi connectivity index (χ1n) is 6.50. The molecule has 0 unspecified atom stereocenters. The summed E-state index contributed by atoms with van der Waals surface area (Å²) in [5, 5.41) is 4.02. The Hall–Kier alpha value is -1.67. The van der Waals surface area contributed by atoms with Gasteiger partial charge in [0.05, 0.1) is 10.7 Å². The molecule has 2 rings (SSSR count). The van der Waals surface area contributed by atoms with Gasteiger partial charge in [-0.05, 0) is 43.0 Å². The maximum atomic E-state index is 6.03. The van der Waals surface area contributed by atoms with Crippen LogP contribution in [0.5, 0.6) is 0 Å². The molecule has 0 saturated carbocycles. The Morgan fingerprint density at radius 2 is 1.89 bits per heavy atom. The minimum absolute atomic E-state index is 0.608. The van der Waals surface area contributed by atoms with Crippen molar-refractivity contribution in [3.63, 3.8) is 0 Å². The smallest absolute Gasteiger partial charge is 0.0656 e. The molecule has 3 N–H and O–H groups in total. The molecule has 0 heterocycles. The van der Waals surface area contributed by atoms with Crippen LogP contribution in [0.3, 0.4) is 0 Å². The number of benzene rings is 2. The number of halogens is 1. The Morgan fingerprint density at radius 1 is 1.16 bits per heavy atom. The molecule has 0 bridgehead atoms. The number of hydrogen-bond acceptors (Lipinski definition) is 2.